The number of carbonyl (C=O) groups is 1. The molecule has 2 aliphatic rings. The molecule has 0 bridgehead atoms. The van der Waals surface area contributed by atoms with Crippen LogP contribution in [0.25, 0.3) is 0 Å². The molecule has 0 spiro atoms. The van der Waals surface area contributed by atoms with Gasteiger partial charge >= 0.3 is 0 Å². The molecule has 1 amide bonds. The van der Waals surface area contributed by atoms with Crippen LogP contribution in [0.3, 0.4) is 0 Å². The van der Waals surface area contributed by atoms with Gasteiger partial charge in [0.25, 0.3) is 0 Å². The summed E-state index contributed by atoms with van der Waals surface area (Å²) >= 11 is 0. The first-order chi connectivity index (χ1) is 9.75. The Morgan fingerprint density at radius 3 is 2.80 bits per heavy atom. The molecule has 3 atom stereocenters. The van der Waals surface area contributed by atoms with Crippen LogP contribution in [-0.2, 0) is 4.79 Å². The van der Waals surface area contributed by atoms with Crippen LogP contribution in [0.4, 0.5) is 0 Å². The van der Waals surface area contributed by atoms with E-state index in [1.54, 1.807) is 0 Å². The summed E-state index contributed by atoms with van der Waals surface area (Å²) in [6, 6.07) is 10.3. The van der Waals surface area contributed by atoms with E-state index in [1.165, 1.54) is 30.5 Å². The second kappa shape index (κ2) is 5.78. The van der Waals surface area contributed by atoms with Gasteiger partial charge in [0.2, 0.25) is 5.91 Å². The number of carbonyl (C=O) groups excluding carboxylic acids is 1. The summed E-state index contributed by atoms with van der Waals surface area (Å²) in [6.45, 7) is 2.20. The van der Waals surface area contributed by atoms with Crippen molar-refractivity contribution in [2.75, 3.05) is 0 Å². The molecule has 1 aromatic rings. The van der Waals surface area contributed by atoms with Gasteiger partial charge in [-0.1, -0.05) is 43.7 Å². The minimum Gasteiger partial charge on any atom is -0.273 e. The molecule has 1 N–H and O–H groups in total. The summed E-state index contributed by atoms with van der Waals surface area (Å²) in [7, 11) is 0. The highest BCUT2D eigenvalue weighted by atomic mass is 16.2. The quantitative estimate of drug-likeness (QED) is 0.839. The van der Waals surface area contributed by atoms with Crippen molar-refractivity contribution in [3.8, 4) is 0 Å². The van der Waals surface area contributed by atoms with E-state index in [2.05, 4.69) is 29.6 Å². The van der Waals surface area contributed by atoms with Gasteiger partial charge in [0.15, 0.2) is 0 Å². The van der Waals surface area contributed by atoms with E-state index in [0.717, 1.165) is 12.8 Å². The Labute approximate surface area is 120 Å². The number of hydrogen-bond acceptors (Lipinski definition) is 2. The van der Waals surface area contributed by atoms with Crippen molar-refractivity contribution in [1.29, 1.82) is 0 Å². The molecule has 0 heterocycles. The van der Waals surface area contributed by atoms with E-state index in [4.69, 9.17) is 0 Å². The standard InChI is InChI=1S/C17H22N2O/c1-12-7-5-6-10-16(12)18-19-17(20)15-11-14(15)13-8-3-2-4-9-13/h2-4,8-9,12,14-15H,5-7,10-11H2,1H3,(H,19,20)/b18-16+. The van der Waals surface area contributed by atoms with Crippen LogP contribution in [-0.4, -0.2) is 11.6 Å². The molecule has 3 nitrogen and oxygen atoms in total. The van der Waals surface area contributed by atoms with Crippen LogP contribution in [0.2, 0.25) is 0 Å². The first-order valence-corrected chi connectivity index (χ1v) is 7.67. The lowest BCUT2D eigenvalue weighted by Crippen LogP contribution is -2.25. The lowest BCUT2D eigenvalue weighted by atomic mass is 9.89. The molecule has 0 radical (unpaired) electrons. The summed E-state index contributed by atoms with van der Waals surface area (Å²) in [5.74, 6) is 1.11. The number of rotatable bonds is 3. The average molecular weight is 270 g/mol. The molecule has 20 heavy (non-hydrogen) atoms. The maximum Gasteiger partial charge on any atom is 0.243 e. The highest BCUT2D eigenvalue weighted by molar-refractivity contribution is 5.89. The summed E-state index contributed by atoms with van der Waals surface area (Å²) in [4.78, 5) is 12.1. The predicted octanol–water partition coefficient (Wildman–Crippen LogP) is 3.47. The zero-order chi connectivity index (χ0) is 13.9. The van der Waals surface area contributed by atoms with E-state index < -0.39 is 0 Å². The van der Waals surface area contributed by atoms with Crippen LogP contribution < -0.4 is 5.43 Å². The molecule has 2 aliphatic carbocycles. The normalized spacial score (nSPS) is 31.1. The number of nitrogens with one attached hydrogen (secondary N) is 1. The minimum absolute atomic E-state index is 0.0872. The Balaban J connectivity index is 1.55. The zero-order valence-electron chi connectivity index (χ0n) is 12.0. The second-order valence-corrected chi connectivity index (χ2v) is 6.09. The summed E-state index contributed by atoms with van der Waals surface area (Å²) in [5.41, 5.74) is 5.23. The van der Waals surface area contributed by atoms with Gasteiger partial charge in [-0.15, -0.1) is 0 Å². The average Bonchev–Trinajstić information content (AvgIpc) is 3.28. The number of benzene rings is 1. The minimum atomic E-state index is 0.0872. The molecule has 0 aliphatic heterocycles. The van der Waals surface area contributed by atoms with E-state index in [-0.39, 0.29) is 11.8 Å². The maximum absolute atomic E-state index is 12.1. The van der Waals surface area contributed by atoms with E-state index in [9.17, 15) is 4.79 Å². The van der Waals surface area contributed by atoms with E-state index in [0.29, 0.717) is 11.8 Å². The van der Waals surface area contributed by atoms with Gasteiger partial charge in [-0.25, -0.2) is 5.43 Å². The summed E-state index contributed by atoms with van der Waals surface area (Å²) in [6.07, 6.45) is 5.68. The van der Waals surface area contributed by atoms with Crippen molar-refractivity contribution in [2.45, 2.75) is 44.9 Å². The Morgan fingerprint density at radius 1 is 1.25 bits per heavy atom. The smallest absolute Gasteiger partial charge is 0.243 e. The Hall–Kier alpha value is -1.64. The van der Waals surface area contributed by atoms with Gasteiger partial charge in [0.05, 0.1) is 0 Å². The highest BCUT2D eigenvalue weighted by Gasteiger charge is 2.43. The largest absolute Gasteiger partial charge is 0.273 e. The fraction of sp³-hybridized carbons (Fsp3) is 0.529. The lowest BCUT2D eigenvalue weighted by molar-refractivity contribution is -0.122. The van der Waals surface area contributed by atoms with Gasteiger partial charge < -0.3 is 0 Å². The monoisotopic (exact) mass is 270 g/mol. The van der Waals surface area contributed by atoms with Crippen molar-refractivity contribution in [2.24, 2.45) is 16.9 Å². The van der Waals surface area contributed by atoms with Crippen molar-refractivity contribution in [3.05, 3.63) is 35.9 Å². The van der Waals surface area contributed by atoms with Gasteiger partial charge in [-0.2, -0.15) is 5.10 Å². The van der Waals surface area contributed by atoms with Crippen molar-refractivity contribution in [3.63, 3.8) is 0 Å². The SMILES string of the molecule is CC1CCCC/C1=N\NC(=O)C1CC1c1ccccc1. The highest BCUT2D eigenvalue weighted by Crippen LogP contribution is 2.47. The second-order valence-electron chi connectivity index (χ2n) is 6.09. The molecule has 2 saturated carbocycles. The molecule has 106 valence electrons. The molecule has 0 saturated heterocycles. The van der Waals surface area contributed by atoms with Crippen molar-refractivity contribution >= 4 is 11.6 Å². The molecule has 3 unspecified atom stereocenters. The summed E-state index contributed by atoms with van der Waals surface area (Å²) in [5, 5.41) is 4.37. The van der Waals surface area contributed by atoms with Crippen LogP contribution in [0.5, 0.6) is 0 Å². The lowest BCUT2D eigenvalue weighted by Gasteiger charge is -2.19. The molecule has 0 aromatic heterocycles. The fourth-order valence-corrected chi connectivity index (χ4v) is 3.10. The fourth-order valence-electron chi connectivity index (χ4n) is 3.10. The summed E-state index contributed by atoms with van der Waals surface area (Å²) < 4.78 is 0. The third-order valence-corrected chi connectivity index (χ3v) is 4.55. The molecular formula is C17H22N2O. The van der Waals surface area contributed by atoms with E-state index >= 15 is 0 Å². The number of hydrogen-bond donors (Lipinski definition) is 1. The first-order valence-electron chi connectivity index (χ1n) is 7.67. The third-order valence-electron chi connectivity index (χ3n) is 4.55. The third kappa shape index (κ3) is 2.92. The number of amides is 1. The number of hydrazone groups is 1. The Morgan fingerprint density at radius 2 is 2.05 bits per heavy atom. The topological polar surface area (TPSA) is 41.5 Å². The van der Waals surface area contributed by atoms with Crippen LogP contribution >= 0.6 is 0 Å². The van der Waals surface area contributed by atoms with Crippen LogP contribution in [0.1, 0.15) is 50.5 Å². The number of nitrogens with zero attached hydrogens (tertiary/aromatic N) is 1. The molecule has 3 heteroatoms. The zero-order valence-corrected chi connectivity index (χ0v) is 12.0. The Bertz CT molecular complexity index is 509. The van der Waals surface area contributed by atoms with E-state index in [1.807, 2.05) is 18.2 Å². The van der Waals surface area contributed by atoms with Crippen molar-refractivity contribution in [1.82, 2.24) is 5.43 Å². The van der Waals surface area contributed by atoms with Crippen molar-refractivity contribution < 1.29 is 4.79 Å². The first kappa shape index (κ1) is 13.3. The Kier molecular flexibility index (Phi) is 3.86. The van der Waals surface area contributed by atoms with Gasteiger partial charge in [-0.05, 0) is 43.1 Å². The van der Waals surface area contributed by atoms with Crippen LogP contribution in [0.15, 0.2) is 35.4 Å². The molecule has 3 rings (SSSR count). The van der Waals surface area contributed by atoms with Gasteiger partial charge in [-0.3, -0.25) is 4.79 Å². The van der Waals surface area contributed by atoms with Gasteiger partial charge in [0, 0.05) is 11.6 Å². The molecular weight excluding hydrogens is 248 g/mol. The molecule has 1 aromatic carbocycles. The van der Waals surface area contributed by atoms with Crippen LogP contribution in [0, 0.1) is 11.8 Å². The van der Waals surface area contributed by atoms with Gasteiger partial charge in [0.1, 0.15) is 0 Å². The predicted molar refractivity (Wildman–Crippen MR) is 80.5 cm³/mol. The maximum atomic E-state index is 12.1. The molecule has 2 fully saturated rings.